The molecule has 1 rings (SSSR count). The van der Waals surface area contributed by atoms with Gasteiger partial charge in [-0.3, -0.25) is 0 Å². The zero-order chi connectivity index (χ0) is 12.3. The molecule has 0 aliphatic heterocycles. The number of pyridine rings is 1. The third kappa shape index (κ3) is 2.59. The number of alkyl halides is 3. The molecule has 0 bridgehead atoms. The Hall–Kier alpha value is -0.940. The van der Waals surface area contributed by atoms with Crippen molar-refractivity contribution in [2.45, 2.75) is 12.3 Å². The van der Waals surface area contributed by atoms with E-state index >= 15 is 0 Å². The fraction of sp³-hybridized carbons (Fsp3) is 0.333. The van der Waals surface area contributed by atoms with Crippen molar-refractivity contribution in [2.24, 2.45) is 0 Å². The first-order valence-corrected chi connectivity index (χ1v) is 5.04. The van der Waals surface area contributed by atoms with Crippen molar-refractivity contribution in [3.05, 3.63) is 28.0 Å². The van der Waals surface area contributed by atoms with Crippen LogP contribution in [-0.4, -0.2) is 18.1 Å². The van der Waals surface area contributed by atoms with E-state index in [4.69, 9.17) is 23.2 Å². The summed E-state index contributed by atoms with van der Waals surface area (Å²) in [5.41, 5.74) is -0.922. The van der Waals surface area contributed by atoms with E-state index in [9.17, 15) is 13.6 Å². The second kappa shape index (κ2) is 5.41. The Morgan fingerprint density at radius 2 is 2.25 bits per heavy atom. The highest BCUT2D eigenvalue weighted by Crippen LogP contribution is 2.27. The number of esters is 1. The number of rotatable bonds is 3. The van der Waals surface area contributed by atoms with Crippen LogP contribution in [0.4, 0.5) is 8.78 Å². The minimum atomic E-state index is -2.90. The van der Waals surface area contributed by atoms with E-state index in [-0.39, 0.29) is 22.2 Å². The molecule has 0 fully saturated rings. The largest absolute Gasteiger partial charge is 0.465 e. The maximum atomic E-state index is 12.6. The van der Waals surface area contributed by atoms with Gasteiger partial charge in [0.05, 0.1) is 29.3 Å². The molecule has 88 valence electrons. The number of carbonyl (C=O) groups excluding carboxylic acids is 1. The SMILES string of the molecule is COC(=O)c1cc(Cl)c(CCl)nc1C(F)F. The number of hydrogen-bond donors (Lipinski definition) is 0. The number of halogens is 4. The molecule has 0 radical (unpaired) electrons. The zero-order valence-electron chi connectivity index (χ0n) is 8.14. The maximum absolute atomic E-state index is 12.6. The molecule has 3 nitrogen and oxygen atoms in total. The Morgan fingerprint density at radius 3 is 2.69 bits per heavy atom. The summed E-state index contributed by atoms with van der Waals surface area (Å²) in [6.07, 6.45) is -2.90. The lowest BCUT2D eigenvalue weighted by molar-refractivity contribution is 0.0587. The highest BCUT2D eigenvalue weighted by Gasteiger charge is 2.23. The fourth-order valence-electron chi connectivity index (χ4n) is 1.08. The number of ether oxygens (including phenoxy) is 1. The lowest BCUT2D eigenvalue weighted by Gasteiger charge is -2.09. The number of carbonyl (C=O) groups is 1. The van der Waals surface area contributed by atoms with Gasteiger partial charge in [0.25, 0.3) is 6.43 Å². The van der Waals surface area contributed by atoms with Crippen molar-refractivity contribution in [3.63, 3.8) is 0 Å². The third-order valence-electron chi connectivity index (χ3n) is 1.82. The first-order valence-electron chi connectivity index (χ1n) is 4.13. The molecular formula is C9H7Cl2F2NO2. The summed E-state index contributed by atoms with van der Waals surface area (Å²) < 4.78 is 29.6. The monoisotopic (exact) mass is 269 g/mol. The molecule has 1 heterocycles. The van der Waals surface area contributed by atoms with Gasteiger partial charge in [-0.2, -0.15) is 0 Å². The average Bonchev–Trinajstić information content (AvgIpc) is 2.27. The van der Waals surface area contributed by atoms with Crippen molar-refractivity contribution in [2.75, 3.05) is 7.11 Å². The first-order chi connectivity index (χ1) is 7.51. The van der Waals surface area contributed by atoms with Crippen LogP contribution in [0.5, 0.6) is 0 Å². The molecular weight excluding hydrogens is 263 g/mol. The van der Waals surface area contributed by atoms with Crippen LogP contribution in [0.25, 0.3) is 0 Å². The second-order valence-corrected chi connectivity index (χ2v) is 3.45. The van der Waals surface area contributed by atoms with Crippen molar-refractivity contribution in [1.82, 2.24) is 4.98 Å². The van der Waals surface area contributed by atoms with E-state index in [2.05, 4.69) is 9.72 Å². The first kappa shape index (κ1) is 13.1. The van der Waals surface area contributed by atoms with Crippen LogP contribution in [0.15, 0.2) is 6.07 Å². The predicted molar refractivity (Wildman–Crippen MR) is 55.1 cm³/mol. The van der Waals surface area contributed by atoms with Crippen LogP contribution < -0.4 is 0 Å². The Morgan fingerprint density at radius 1 is 1.62 bits per heavy atom. The lowest BCUT2D eigenvalue weighted by atomic mass is 10.2. The quantitative estimate of drug-likeness (QED) is 0.625. The summed E-state index contributed by atoms with van der Waals surface area (Å²) in [6.45, 7) is 0. The number of nitrogens with zero attached hydrogens (tertiary/aromatic N) is 1. The molecule has 0 aliphatic rings. The van der Waals surface area contributed by atoms with E-state index in [1.165, 1.54) is 0 Å². The van der Waals surface area contributed by atoms with Crippen molar-refractivity contribution < 1.29 is 18.3 Å². The van der Waals surface area contributed by atoms with Gasteiger partial charge in [-0.15, -0.1) is 11.6 Å². The third-order valence-corrected chi connectivity index (χ3v) is 2.40. The van der Waals surface area contributed by atoms with Crippen molar-refractivity contribution in [3.8, 4) is 0 Å². The molecule has 0 saturated heterocycles. The van der Waals surface area contributed by atoms with E-state index in [0.29, 0.717) is 0 Å². The highest BCUT2D eigenvalue weighted by molar-refractivity contribution is 6.32. The van der Waals surface area contributed by atoms with E-state index in [1.807, 2.05) is 0 Å². The minimum Gasteiger partial charge on any atom is -0.465 e. The molecule has 0 atom stereocenters. The molecule has 1 aromatic rings. The molecule has 0 saturated carbocycles. The Labute approximate surface area is 100 Å². The standard InChI is InChI=1S/C9H7Cl2F2NO2/c1-16-9(15)4-2-5(11)6(3-10)14-7(4)8(12)13/h2,8H,3H2,1H3. The molecule has 16 heavy (non-hydrogen) atoms. The molecule has 0 unspecified atom stereocenters. The van der Waals surface area contributed by atoms with Crippen LogP contribution in [-0.2, 0) is 10.6 Å². The second-order valence-electron chi connectivity index (χ2n) is 2.78. The summed E-state index contributed by atoms with van der Waals surface area (Å²) in [5, 5.41) is 0.0554. The van der Waals surface area contributed by atoms with Crippen LogP contribution in [0.3, 0.4) is 0 Å². The highest BCUT2D eigenvalue weighted by atomic mass is 35.5. The summed E-state index contributed by atoms with van der Waals surface area (Å²) in [7, 11) is 1.08. The van der Waals surface area contributed by atoms with Gasteiger partial charge in [0.1, 0.15) is 5.69 Å². The van der Waals surface area contributed by atoms with Gasteiger partial charge in [0.15, 0.2) is 0 Å². The molecule has 7 heteroatoms. The van der Waals surface area contributed by atoms with Crippen LogP contribution in [0, 0.1) is 0 Å². The number of aromatic nitrogens is 1. The molecule has 1 aromatic heterocycles. The van der Waals surface area contributed by atoms with Gasteiger partial charge >= 0.3 is 5.97 Å². The normalized spacial score (nSPS) is 10.6. The Kier molecular flexibility index (Phi) is 4.44. The van der Waals surface area contributed by atoms with E-state index < -0.39 is 18.1 Å². The summed E-state index contributed by atoms with van der Waals surface area (Å²) >= 11 is 11.2. The fourth-order valence-corrected chi connectivity index (χ4v) is 1.57. The zero-order valence-corrected chi connectivity index (χ0v) is 9.65. The van der Waals surface area contributed by atoms with Gasteiger partial charge in [0.2, 0.25) is 0 Å². The van der Waals surface area contributed by atoms with E-state index in [0.717, 1.165) is 13.2 Å². The van der Waals surface area contributed by atoms with Crippen molar-refractivity contribution in [1.29, 1.82) is 0 Å². The van der Waals surface area contributed by atoms with Gasteiger partial charge in [-0.05, 0) is 6.07 Å². The lowest BCUT2D eigenvalue weighted by Crippen LogP contribution is -2.10. The average molecular weight is 270 g/mol. The van der Waals surface area contributed by atoms with Crippen LogP contribution >= 0.6 is 23.2 Å². The summed E-state index contributed by atoms with van der Waals surface area (Å²) in [6, 6.07) is 1.08. The maximum Gasteiger partial charge on any atom is 0.339 e. The van der Waals surface area contributed by atoms with Gasteiger partial charge in [0, 0.05) is 0 Å². The van der Waals surface area contributed by atoms with Crippen LogP contribution in [0.2, 0.25) is 5.02 Å². The van der Waals surface area contributed by atoms with E-state index in [1.54, 1.807) is 0 Å². The Balaban J connectivity index is 3.36. The molecule has 0 aromatic carbocycles. The molecule has 0 amide bonds. The summed E-state index contributed by atoms with van der Waals surface area (Å²) in [5.74, 6) is -1.02. The van der Waals surface area contributed by atoms with Gasteiger partial charge in [-0.1, -0.05) is 11.6 Å². The topological polar surface area (TPSA) is 39.2 Å². The molecule has 0 spiro atoms. The molecule has 0 aliphatic carbocycles. The minimum absolute atomic E-state index is 0.0554. The smallest absolute Gasteiger partial charge is 0.339 e. The predicted octanol–water partition coefficient (Wildman–Crippen LogP) is 3.20. The molecule has 0 N–H and O–H groups in total. The van der Waals surface area contributed by atoms with Crippen molar-refractivity contribution >= 4 is 29.2 Å². The number of methoxy groups -OCH3 is 1. The van der Waals surface area contributed by atoms with Gasteiger partial charge < -0.3 is 4.74 Å². The number of hydrogen-bond acceptors (Lipinski definition) is 3. The van der Waals surface area contributed by atoms with Gasteiger partial charge in [-0.25, -0.2) is 18.6 Å². The summed E-state index contributed by atoms with van der Waals surface area (Å²) in [4.78, 5) is 14.7. The Bertz CT molecular complexity index is 413. The van der Waals surface area contributed by atoms with Crippen LogP contribution in [0.1, 0.15) is 28.2 Å².